The van der Waals surface area contributed by atoms with Crippen LogP contribution in [0, 0.1) is 0 Å². The second kappa shape index (κ2) is 11.9. The summed E-state index contributed by atoms with van der Waals surface area (Å²) in [5.41, 5.74) is 11.6. The fourth-order valence-electron chi connectivity index (χ4n) is 8.24. The predicted molar refractivity (Wildman–Crippen MR) is 229 cm³/mol. The SMILES string of the molecule is c1ccc2oc(-c3ccc(-c4ccc(N(c5ccc6cc7oc8ccccc8c7cc6c5)c5ccc6cc7oc8ccccc8c7cc6c5)cc4)cc3)nc2c1. The Morgan fingerprint density at radius 1 is 0.321 bits per heavy atom. The zero-order valence-corrected chi connectivity index (χ0v) is 29.9. The topological polar surface area (TPSA) is 55.6 Å². The summed E-state index contributed by atoms with van der Waals surface area (Å²) in [4.78, 5) is 7.02. The van der Waals surface area contributed by atoms with Gasteiger partial charge in [-0.2, -0.15) is 0 Å². The molecule has 3 heterocycles. The summed E-state index contributed by atoms with van der Waals surface area (Å²) in [5, 5.41) is 9.03. The molecule has 0 saturated carbocycles. The smallest absolute Gasteiger partial charge is 0.227 e. The Morgan fingerprint density at radius 3 is 1.38 bits per heavy atom. The average molecular weight is 719 g/mol. The van der Waals surface area contributed by atoms with Crippen molar-refractivity contribution in [3.8, 4) is 22.6 Å². The largest absolute Gasteiger partial charge is 0.456 e. The number of anilines is 3. The van der Waals surface area contributed by atoms with Crippen LogP contribution in [0.4, 0.5) is 17.1 Å². The highest BCUT2D eigenvalue weighted by Gasteiger charge is 2.17. The fourth-order valence-corrected chi connectivity index (χ4v) is 8.24. The van der Waals surface area contributed by atoms with E-state index in [1.807, 2.05) is 48.5 Å². The lowest BCUT2D eigenvalue weighted by Crippen LogP contribution is -2.09. The summed E-state index contributed by atoms with van der Waals surface area (Å²) in [6, 6.07) is 63.7. The van der Waals surface area contributed by atoms with Gasteiger partial charge in [0, 0.05) is 44.2 Å². The van der Waals surface area contributed by atoms with Gasteiger partial charge >= 0.3 is 0 Å². The third-order valence-electron chi connectivity index (χ3n) is 11.0. The van der Waals surface area contributed by atoms with E-state index in [1.165, 1.54) is 0 Å². The molecule has 5 heteroatoms. The van der Waals surface area contributed by atoms with Crippen molar-refractivity contribution in [3.63, 3.8) is 0 Å². The molecule has 0 aliphatic carbocycles. The quantitative estimate of drug-likeness (QED) is 0.177. The number of oxazole rings is 1. The van der Waals surface area contributed by atoms with Crippen molar-refractivity contribution in [3.05, 3.63) is 182 Å². The lowest BCUT2D eigenvalue weighted by Gasteiger charge is -2.26. The van der Waals surface area contributed by atoms with Gasteiger partial charge in [-0.05, 0) is 130 Å². The number of para-hydroxylation sites is 4. The number of fused-ring (bicyclic) bond motifs is 9. The lowest BCUT2D eigenvalue weighted by atomic mass is 10.0. The van der Waals surface area contributed by atoms with Crippen molar-refractivity contribution in [2.75, 3.05) is 4.90 Å². The minimum Gasteiger partial charge on any atom is -0.456 e. The van der Waals surface area contributed by atoms with Gasteiger partial charge in [0.1, 0.15) is 27.8 Å². The maximum Gasteiger partial charge on any atom is 0.227 e. The number of rotatable bonds is 5. The van der Waals surface area contributed by atoms with E-state index < -0.39 is 0 Å². The molecule has 0 N–H and O–H groups in total. The first-order valence-electron chi connectivity index (χ1n) is 18.8. The lowest BCUT2D eigenvalue weighted by molar-refractivity contribution is 0.620. The van der Waals surface area contributed by atoms with Gasteiger partial charge in [-0.3, -0.25) is 0 Å². The van der Waals surface area contributed by atoms with Gasteiger partial charge in [0.2, 0.25) is 5.89 Å². The van der Waals surface area contributed by atoms with Crippen LogP contribution in [0.1, 0.15) is 0 Å². The highest BCUT2D eigenvalue weighted by molar-refractivity contribution is 6.12. The van der Waals surface area contributed by atoms with E-state index in [4.69, 9.17) is 13.3 Å². The molecule has 262 valence electrons. The van der Waals surface area contributed by atoms with Crippen molar-refractivity contribution in [1.29, 1.82) is 0 Å². The molecular formula is C51H30N2O3. The summed E-state index contributed by atoms with van der Waals surface area (Å²) in [5.74, 6) is 0.623. The van der Waals surface area contributed by atoms with Crippen LogP contribution in [0.2, 0.25) is 0 Å². The van der Waals surface area contributed by atoms with E-state index in [-0.39, 0.29) is 0 Å². The Labute approximate surface area is 320 Å². The van der Waals surface area contributed by atoms with Crippen molar-refractivity contribution in [1.82, 2.24) is 4.98 Å². The molecule has 0 saturated heterocycles. The maximum absolute atomic E-state index is 6.23. The van der Waals surface area contributed by atoms with Crippen LogP contribution in [-0.4, -0.2) is 4.98 Å². The van der Waals surface area contributed by atoms with E-state index in [0.29, 0.717) is 5.89 Å². The molecule has 0 bridgehead atoms. The number of aromatic nitrogens is 1. The molecule has 0 spiro atoms. The molecule has 56 heavy (non-hydrogen) atoms. The first-order chi connectivity index (χ1) is 27.7. The fraction of sp³-hybridized carbons (Fsp3) is 0. The van der Waals surface area contributed by atoms with Gasteiger partial charge in [-0.1, -0.05) is 84.9 Å². The molecule has 0 aliphatic heterocycles. The number of nitrogens with zero attached hydrogens (tertiary/aromatic N) is 2. The standard InChI is InChI=1S/C51H30N2O3/c1-4-10-46-41(7-1)43-27-36-25-39(23-19-34(36)29-49(43)54-46)53(40-24-20-35-30-50-44(28-37(35)26-40)42-8-2-5-11-47(42)55-50)38-21-17-32(18-22-38)31-13-15-33(16-14-31)51-52-45-9-3-6-12-48(45)56-51/h1-30H. The van der Waals surface area contributed by atoms with E-state index in [2.05, 4.69) is 143 Å². The summed E-state index contributed by atoms with van der Waals surface area (Å²) >= 11 is 0. The first-order valence-corrected chi connectivity index (χ1v) is 18.8. The number of hydrogen-bond donors (Lipinski definition) is 0. The van der Waals surface area contributed by atoms with Crippen LogP contribution >= 0.6 is 0 Å². The highest BCUT2D eigenvalue weighted by Crippen LogP contribution is 2.41. The Balaban J connectivity index is 0.972. The van der Waals surface area contributed by atoms with Crippen molar-refractivity contribution >= 4 is 93.6 Å². The van der Waals surface area contributed by atoms with Crippen LogP contribution in [-0.2, 0) is 0 Å². The zero-order valence-electron chi connectivity index (χ0n) is 29.9. The summed E-state index contributed by atoms with van der Waals surface area (Å²) in [7, 11) is 0. The van der Waals surface area contributed by atoms with Gasteiger partial charge in [0.15, 0.2) is 5.58 Å². The average Bonchev–Trinajstić information content (AvgIpc) is 3.95. The molecule has 0 atom stereocenters. The van der Waals surface area contributed by atoms with Crippen molar-refractivity contribution in [2.24, 2.45) is 0 Å². The Hall–Kier alpha value is -7.63. The van der Waals surface area contributed by atoms with Crippen molar-refractivity contribution in [2.45, 2.75) is 0 Å². The molecule has 12 aromatic rings. The number of benzene rings is 9. The van der Waals surface area contributed by atoms with Gasteiger partial charge in [0.05, 0.1) is 0 Å². The maximum atomic E-state index is 6.23. The Morgan fingerprint density at radius 2 is 0.804 bits per heavy atom. The second-order valence-electron chi connectivity index (χ2n) is 14.4. The van der Waals surface area contributed by atoms with Crippen LogP contribution in [0.5, 0.6) is 0 Å². The molecule has 0 fully saturated rings. The Kier molecular flexibility index (Phi) is 6.56. The zero-order chi connectivity index (χ0) is 36.7. The third kappa shape index (κ3) is 4.91. The van der Waals surface area contributed by atoms with Gasteiger partial charge in [-0.15, -0.1) is 0 Å². The van der Waals surface area contributed by atoms with Crippen LogP contribution in [0.3, 0.4) is 0 Å². The first kappa shape index (κ1) is 30.8. The molecule has 5 nitrogen and oxygen atoms in total. The molecule has 0 aliphatic rings. The molecule has 0 unspecified atom stereocenters. The summed E-state index contributed by atoms with van der Waals surface area (Å²) in [6.45, 7) is 0. The molecule has 12 rings (SSSR count). The van der Waals surface area contributed by atoms with Gasteiger partial charge in [-0.25, -0.2) is 4.98 Å². The molecular weight excluding hydrogens is 689 g/mol. The predicted octanol–water partition coefficient (Wildman–Crippen LogP) is 14.7. The van der Waals surface area contributed by atoms with Crippen molar-refractivity contribution < 1.29 is 13.3 Å². The van der Waals surface area contributed by atoms with E-state index >= 15 is 0 Å². The van der Waals surface area contributed by atoms with E-state index in [0.717, 1.165) is 110 Å². The van der Waals surface area contributed by atoms with Crippen LogP contribution in [0.25, 0.3) is 99.1 Å². The van der Waals surface area contributed by atoms with Crippen LogP contribution < -0.4 is 4.90 Å². The summed E-state index contributed by atoms with van der Waals surface area (Å²) < 4.78 is 18.5. The monoisotopic (exact) mass is 718 g/mol. The van der Waals surface area contributed by atoms with E-state index in [1.54, 1.807) is 0 Å². The summed E-state index contributed by atoms with van der Waals surface area (Å²) in [6.07, 6.45) is 0. The van der Waals surface area contributed by atoms with E-state index in [9.17, 15) is 0 Å². The minimum absolute atomic E-state index is 0.623. The second-order valence-corrected chi connectivity index (χ2v) is 14.4. The van der Waals surface area contributed by atoms with Gasteiger partial charge < -0.3 is 18.2 Å². The number of hydrogen-bond acceptors (Lipinski definition) is 5. The minimum atomic E-state index is 0.623. The van der Waals surface area contributed by atoms with Gasteiger partial charge in [0.25, 0.3) is 0 Å². The number of furan rings is 2. The Bertz CT molecular complexity index is 3290. The van der Waals surface area contributed by atoms with Crippen LogP contribution in [0.15, 0.2) is 195 Å². The highest BCUT2D eigenvalue weighted by atomic mass is 16.3. The molecule has 0 amide bonds. The molecule has 9 aromatic carbocycles. The normalized spacial score (nSPS) is 11.9. The molecule has 0 radical (unpaired) electrons. The molecule has 3 aromatic heterocycles. The third-order valence-corrected chi connectivity index (χ3v) is 11.0.